The molecule has 2 aromatic carbocycles. The maximum absolute atomic E-state index is 14.9. The van der Waals surface area contributed by atoms with Crippen LogP contribution >= 0.6 is 22.7 Å². The number of nitrogens with one attached hydrogen (secondary N) is 1. The largest absolute Gasteiger partial charge is 0.491 e. The van der Waals surface area contributed by atoms with Crippen LogP contribution in [-0.4, -0.2) is 70.9 Å². The quantitative estimate of drug-likeness (QED) is 0.0952. The van der Waals surface area contributed by atoms with Crippen molar-refractivity contribution >= 4 is 60.8 Å². The van der Waals surface area contributed by atoms with Crippen LogP contribution in [0.4, 0.5) is 26.3 Å². The Bertz CT molecular complexity index is 1930. The van der Waals surface area contributed by atoms with E-state index >= 15 is 0 Å². The summed E-state index contributed by atoms with van der Waals surface area (Å²) in [7, 11) is 1.36. The summed E-state index contributed by atoms with van der Waals surface area (Å²) < 4.78 is 26.9. The van der Waals surface area contributed by atoms with Gasteiger partial charge in [-0.05, 0) is 108 Å². The first-order chi connectivity index (χ1) is 24.5. The maximum atomic E-state index is 14.9. The van der Waals surface area contributed by atoms with E-state index in [-0.39, 0.29) is 11.6 Å². The lowest BCUT2D eigenvalue weighted by Gasteiger charge is -2.28. The van der Waals surface area contributed by atoms with Crippen LogP contribution in [0, 0.1) is 12.7 Å². The van der Waals surface area contributed by atoms with Crippen molar-refractivity contribution < 1.29 is 18.7 Å². The second kappa shape index (κ2) is 15.8. The number of nitrogens with zero attached hydrogens (tertiary/aromatic N) is 6. The number of hydrogen-bond acceptors (Lipinski definition) is 12. The molecule has 1 N–H and O–H groups in total. The summed E-state index contributed by atoms with van der Waals surface area (Å²) in [6, 6.07) is 13.3. The Balaban J connectivity index is 0.987. The number of ether oxygens (including phenoxy) is 2. The molecule has 0 radical (unpaired) electrons. The number of hydrogen-bond donors (Lipinski definition) is 1. The number of rotatable bonds is 13. The summed E-state index contributed by atoms with van der Waals surface area (Å²) in [6.07, 6.45) is 8.65. The first-order valence-electron chi connectivity index (χ1n) is 17.4. The minimum absolute atomic E-state index is 0.249. The number of piperidine rings is 1. The Hall–Kier alpha value is -4.20. The molecule has 5 aromatic rings. The number of fused-ring (bicyclic) bond motifs is 2. The molecule has 2 aliphatic heterocycles. The number of anilines is 4. The predicted molar refractivity (Wildman–Crippen MR) is 197 cm³/mol. The molecule has 5 heterocycles. The highest BCUT2D eigenvalue weighted by atomic mass is 32.1. The molecule has 1 saturated heterocycles. The summed E-state index contributed by atoms with van der Waals surface area (Å²) in [4.78, 5) is 27.6. The van der Waals surface area contributed by atoms with Crippen molar-refractivity contribution in [1.82, 2.24) is 25.1 Å². The standard InChI is InChI=1S/C37H42FN7O3S2/c1-24-26-12-9-21-45(34(26)43-42-33(24)41-36-39-28-13-4-5-14-30(28)49-36)37-40-32(35(46)47-2)31(50-37)15-10-22-48-29-17-16-25(23-27(29)38)11-8-20-44-18-6-3-7-19-44/h4-5,13-14,16-17,23H,3,6-12,15,18-22H2,1-2H3,(H,39,41,42). The van der Waals surface area contributed by atoms with Crippen molar-refractivity contribution in [2.45, 2.75) is 64.7 Å². The van der Waals surface area contributed by atoms with E-state index in [1.54, 1.807) is 23.5 Å². The number of para-hydroxylation sites is 1. The predicted octanol–water partition coefficient (Wildman–Crippen LogP) is 8.03. The number of methoxy groups -OCH3 is 1. The fraction of sp³-hybridized carbons (Fsp3) is 0.432. The molecule has 10 nitrogen and oxygen atoms in total. The molecular formula is C37H42FN7O3S2. The van der Waals surface area contributed by atoms with Crippen LogP contribution in [0.1, 0.15) is 70.6 Å². The lowest BCUT2D eigenvalue weighted by Crippen LogP contribution is -2.30. The molecule has 0 aliphatic carbocycles. The molecule has 0 saturated carbocycles. The zero-order valence-electron chi connectivity index (χ0n) is 28.5. The highest BCUT2D eigenvalue weighted by Crippen LogP contribution is 2.39. The van der Waals surface area contributed by atoms with E-state index in [4.69, 9.17) is 14.5 Å². The number of aryl methyl sites for hydroxylation is 2. The van der Waals surface area contributed by atoms with Crippen LogP contribution in [0.2, 0.25) is 0 Å². The number of aromatic nitrogens is 4. The molecule has 1 fully saturated rings. The summed E-state index contributed by atoms with van der Waals surface area (Å²) in [6.45, 7) is 6.48. The molecular weight excluding hydrogens is 674 g/mol. The molecule has 0 spiro atoms. The molecule has 13 heteroatoms. The highest BCUT2D eigenvalue weighted by molar-refractivity contribution is 7.22. The maximum Gasteiger partial charge on any atom is 0.357 e. The van der Waals surface area contributed by atoms with E-state index in [2.05, 4.69) is 31.5 Å². The summed E-state index contributed by atoms with van der Waals surface area (Å²) in [5, 5.41) is 14.0. The number of likely N-dealkylation sites (tertiary alicyclic amines) is 1. The lowest BCUT2D eigenvalue weighted by atomic mass is 10.0. The van der Waals surface area contributed by atoms with Gasteiger partial charge in [-0.2, -0.15) is 0 Å². The van der Waals surface area contributed by atoms with Crippen LogP contribution in [-0.2, 0) is 24.0 Å². The zero-order valence-corrected chi connectivity index (χ0v) is 30.2. The Morgan fingerprint density at radius 2 is 1.84 bits per heavy atom. The Kier molecular flexibility index (Phi) is 10.8. The van der Waals surface area contributed by atoms with Crippen LogP contribution in [0.25, 0.3) is 10.2 Å². The number of benzene rings is 2. The Labute approximate surface area is 299 Å². The molecule has 3 aromatic heterocycles. The van der Waals surface area contributed by atoms with E-state index < -0.39 is 5.97 Å². The second-order valence-corrected chi connectivity index (χ2v) is 14.9. The fourth-order valence-electron chi connectivity index (χ4n) is 6.71. The van der Waals surface area contributed by atoms with Crippen LogP contribution in [0.5, 0.6) is 5.75 Å². The average Bonchev–Trinajstić information content (AvgIpc) is 3.76. The van der Waals surface area contributed by atoms with Crippen LogP contribution in [0.15, 0.2) is 42.5 Å². The zero-order chi connectivity index (χ0) is 34.5. The fourth-order valence-corrected chi connectivity index (χ4v) is 8.70. The van der Waals surface area contributed by atoms with Gasteiger partial charge in [0.2, 0.25) is 0 Å². The van der Waals surface area contributed by atoms with Gasteiger partial charge in [0.15, 0.2) is 39.2 Å². The van der Waals surface area contributed by atoms with Gasteiger partial charge >= 0.3 is 5.97 Å². The topological polar surface area (TPSA) is 106 Å². The molecule has 2 aliphatic rings. The van der Waals surface area contributed by atoms with Crippen molar-refractivity contribution in [3.63, 3.8) is 0 Å². The highest BCUT2D eigenvalue weighted by Gasteiger charge is 2.29. The van der Waals surface area contributed by atoms with Crippen molar-refractivity contribution in [3.8, 4) is 5.75 Å². The van der Waals surface area contributed by atoms with Gasteiger partial charge in [0.1, 0.15) is 0 Å². The monoisotopic (exact) mass is 715 g/mol. The van der Waals surface area contributed by atoms with Crippen LogP contribution < -0.4 is 15.0 Å². The van der Waals surface area contributed by atoms with Crippen LogP contribution in [0.3, 0.4) is 0 Å². The van der Waals surface area contributed by atoms with Gasteiger partial charge in [0, 0.05) is 22.5 Å². The van der Waals surface area contributed by atoms with Gasteiger partial charge in [0.05, 0.1) is 23.9 Å². The normalized spacial score (nSPS) is 14.9. The summed E-state index contributed by atoms with van der Waals surface area (Å²) >= 11 is 3.02. The molecule has 50 heavy (non-hydrogen) atoms. The second-order valence-electron chi connectivity index (χ2n) is 12.8. The van der Waals surface area contributed by atoms with E-state index in [1.165, 1.54) is 50.8 Å². The van der Waals surface area contributed by atoms with Crippen molar-refractivity contribution in [1.29, 1.82) is 0 Å². The Morgan fingerprint density at radius 3 is 2.66 bits per heavy atom. The molecule has 0 bridgehead atoms. The van der Waals surface area contributed by atoms with Crippen molar-refractivity contribution in [2.24, 2.45) is 0 Å². The minimum Gasteiger partial charge on any atom is -0.491 e. The van der Waals surface area contributed by atoms with Gasteiger partial charge in [-0.15, -0.1) is 21.5 Å². The third-order valence-electron chi connectivity index (χ3n) is 9.39. The van der Waals surface area contributed by atoms with Crippen molar-refractivity contribution in [3.05, 3.63) is 75.5 Å². The molecule has 0 unspecified atom stereocenters. The third kappa shape index (κ3) is 7.74. The van der Waals surface area contributed by atoms with Crippen molar-refractivity contribution in [2.75, 3.05) is 50.1 Å². The Morgan fingerprint density at radius 1 is 0.980 bits per heavy atom. The van der Waals surface area contributed by atoms with Gasteiger partial charge in [-0.3, -0.25) is 0 Å². The number of halogens is 1. The third-order valence-corrected chi connectivity index (χ3v) is 11.5. The molecule has 262 valence electrons. The summed E-state index contributed by atoms with van der Waals surface area (Å²) in [5.41, 5.74) is 4.33. The molecule has 0 atom stereocenters. The van der Waals surface area contributed by atoms with Gasteiger partial charge in [-0.1, -0.05) is 36.0 Å². The lowest BCUT2D eigenvalue weighted by molar-refractivity contribution is 0.0593. The molecule has 0 amide bonds. The number of carbonyl (C=O) groups excluding carboxylic acids is 1. The van der Waals surface area contributed by atoms with E-state index in [1.807, 2.05) is 36.1 Å². The summed E-state index contributed by atoms with van der Waals surface area (Å²) in [5.74, 6) is 0.848. The van der Waals surface area contributed by atoms with E-state index in [0.29, 0.717) is 42.6 Å². The average molecular weight is 716 g/mol. The smallest absolute Gasteiger partial charge is 0.357 e. The van der Waals surface area contributed by atoms with Gasteiger partial charge in [0.25, 0.3) is 0 Å². The van der Waals surface area contributed by atoms with Gasteiger partial charge < -0.3 is 24.6 Å². The van der Waals surface area contributed by atoms with Gasteiger partial charge in [-0.25, -0.2) is 19.2 Å². The molecule has 7 rings (SSSR count). The SMILES string of the molecule is COC(=O)c1nc(N2CCCc3c2nnc(Nc2nc4ccccc4s2)c3C)sc1CCCOc1ccc(CCCN2CCCCC2)cc1F. The first kappa shape index (κ1) is 34.3. The minimum atomic E-state index is -0.486. The van der Waals surface area contributed by atoms with E-state index in [0.717, 1.165) is 75.0 Å². The first-order valence-corrected chi connectivity index (χ1v) is 19.1. The number of thiazole rings is 2. The van der Waals surface area contributed by atoms with E-state index in [9.17, 15) is 9.18 Å². The number of esters is 1. The number of carbonyl (C=O) groups is 1.